The summed E-state index contributed by atoms with van der Waals surface area (Å²) >= 11 is 1.50. The zero-order chi connectivity index (χ0) is 12.3. The molecule has 0 aliphatic rings. The Hall–Kier alpha value is -0.760. The lowest BCUT2D eigenvalue weighted by molar-refractivity contribution is 0.0482. The summed E-state index contributed by atoms with van der Waals surface area (Å²) in [5, 5.41) is 12.5. The Morgan fingerprint density at radius 2 is 1.94 bits per heavy atom. The van der Waals surface area contributed by atoms with Crippen molar-refractivity contribution in [2.24, 2.45) is 0 Å². The van der Waals surface area contributed by atoms with Crippen molar-refractivity contribution in [2.45, 2.75) is 13.0 Å². The largest absolute Gasteiger partial charge is 0.382 e. The zero-order valence-corrected chi connectivity index (χ0v) is 11.1. The molecule has 0 radical (unpaired) electrons. The maximum atomic E-state index is 5.45. The van der Waals surface area contributed by atoms with E-state index in [1.807, 2.05) is 7.05 Å². The molecule has 17 heavy (non-hydrogen) atoms. The molecule has 1 aromatic heterocycles. The van der Waals surface area contributed by atoms with E-state index in [9.17, 15) is 0 Å². The van der Waals surface area contributed by atoms with Crippen molar-refractivity contribution in [1.29, 1.82) is 0 Å². The number of nitrogens with one attached hydrogen (secondary N) is 1. The molecule has 0 saturated carbocycles. The van der Waals surface area contributed by atoms with Gasteiger partial charge in [0.2, 0.25) is 5.13 Å². The highest BCUT2D eigenvalue weighted by Crippen LogP contribution is 2.14. The van der Waals surface area contributed by atoms with Crippen molar-refractivity contribution >= 4 is 16.5 Å². The van der Waals surface area contributed by atoms with Crippen LogP contribution in [0.25, 0.3) is 0 Å². The average Bonchev–Trinajstić information content (AvgIpc) is 2.80. The van der Waals surface area contributed by atoms with E-state index >= 15 is 0 Å². The topological polar surface area (TPSA) is 65.5 Å². The molecule has 0 spiro atoms. The van der Waals surface area contributed by atoms with Crippen molar-refractivity contribution in [3.63, 3.8) is 0 Å². The number of aromatic nitrogens is 2. The van der Waals surface area contributed by atoms with Crippen molar-refractivity contribution in [1.82, 2.24) is 10.2 Å². The molecular formula is C10H19N3O3S. The van der Waals surface area contributed by atoms with Crippen LogP contribution in [0.2, 0.25) is 0 Å². The molecule has 1 heterocycles. The number of ether oxygens (including phenoxy) is 3. The lowest BCUT2D eigenvalue weighted by Gasteiger charge is -2.03. The second-order valence-electron chi connectivity index (χ2n) is 3.26. The Bertz CT molecular complexity index is 296. The molecule has 0 aliphatic heterocycles. The fourth-order valence-corrected chi connectivity index (χ4v) is 1.71. The Morgan fingerprint density at radius 1 is 1.12 bits per heavy atom. The highest BCUT2D eigenvalue weighted by atomic mass is 32.1. The number of hydrogen-bond acceptors (Lipinski definition) is 7. The van der Waals surface area contributed by atoms with E-state index in [-0.39, 0.29) is 0 Å². The number of nitrogens with zero attached hydrogens (tertiary/aromatic N) is 2. The van der Waals surface area contributed by atoms with Crippen molar-refractivity contribution in [2.75, 3.05) is 45.9 Å². The fourth-order valence-electron chi connectivity index (χ4n) is 1.08. The third-order valence-electron chi connectivity index (χ3n) is 1.92. The van der Waals surface area contributed by atoms with Crippen LogP contribution in [0.15, 0.2) is 0 Å². The van der Waals surface area contributed by atoms with Crippen LogP contribution in [0.3, 0.4) is 0 Å². The van der Waals surface area contributed by atoms with Gasteiger partial charge < -0.3 is 19.5 Å². The maximum Gasteiger partial charge on any atom is 0.205 e. The van der Waals surface area contributed by atoms with Gasteiger partial charge in [-0.05, 0) is 6.42 Å². The zero-order valence-electron chi connectivity index (χ0n) is 10.3. The second kappa shape index (κ2) is 9.29. The predicted octanol–water partition coefficient (Wildman–Crippen LogP) is 1.15. The standard InChI is InChI=1S/C10H19N3O3S/c1-11-10-13-12-9(17-10)8-16-5-3-4-15-7-6-14-2/h3-8H2,1-2H3,(H,11,13). The van der Waals surface area contributed by atoms with Crippen LogP contribution in [0.5, 0.6) is 0 Å². The molecule has 0 amide bonds. The average molecular weight is 261 g/mol. The van der Waals surface area contributed by atoms with Gasteiger partial charge in [0.05, 0.1) is 13.2 Å². The molecule has 0 unspecified atom stereocenters. The number of rotatable bonds is 10. The van der Waals surface area contributed by atoms with E-state index in [1.54, 1.807) is 7.11 Å². The van der Waals surface area contributed by atoms with Crippen LogP contribution >= 0.6 is 11.3 Å². The Kier molecular flexibility index (Phi) is 7.81. The summed E-state index contributed by atoms with van der Waals surface area (Å²) in [6, 6.07) is 0. The Balaban J connectivity index is 1.93. The van der Waals surface area contributed by atoms with E-state index < -0.39 is 0 Å². The number of anilines is 1. The summed E-state index contributed by atoms with van der Waals surface area (Å²) in [5.74, 6) is 0. The highest BCUT2D eigenvalue weighted by Gasteiger charge is 2.01. The van der Waals surface area contributed by atoms with Gasteiger partial charge in [-0.1, -0.05) is 11.3 Å². The molecule has 1 rings (SSSR count). The fraction of sp³-hybridized carbons (Fsp3) is 0.800. The molecule has 98 valence electrons. The van der Waals surface area contributed by atoms with Crippen LogP contribution in [-0.4, -0.2) is 50.8 Å². The van der Waals surface area contributed by atoms with Crippen LogP contribution < -0.4 is 5.32 Å². The van der Waals surface area contributed by atoms with Gasteiger partial charge in [0.1, 0.15) is 11.6 Å². The second-order valence-corrected chi connectivity index (χ2v) is 4.32. The molecule has 0 fully saturated rings. The van der Waals surface area contributed by atoms with Crippen molar-refractivity contribution < 1.29 is 14.2 Å². The third kappa shape index (κ3) is 6.52. The molecule has 1 N–H and O–H groups in total. The minimum Gasteiger partial charge on any atom is -0.382 e. The van der Waals surface area contributed by atoms with Gasteiger partial charge in [-0.3, -0.25) is 0 Å². The Morgan fingerprint density at radius 3 is 2.65 bits per heavy atom. The molecule has 6 nitrogen and oxygen atoms in total. The Labute approximate surface area is 105 Å². The lowest BCUT2D eigenvalue weighted by atomic mass is 10.5. The minimum atomic E-state index is 0.511. The molecule has 1 aromatic rings. The van der Waals surface area contributed by atoms with Gasteiger partial charge in [0, 0.05) is 27.4 Å². The molecule has 7 heteroatoms. The van der Waals surface area contributed by atoms with Crippen molar-refractivity contribution in [3.05, 3.63) is 5.01 Å². The molecule has 0 aliphatic carbocycles. The number of methoxy groups -OCH3 is 1. The van der Waals surface area contributed by atoms with Gasteiger partial charge in [0.25, 0.3) is 0 Å². The first-order valence-corrected chi connectivity index (χ1v) is 6.33. The van der Waals surface area contributed by atoms with Crippen LogP contribution in [0.1, 0.15) is 11.4 Å². The normalized spacial score (nSPS) is 10.7. The van der Waals surface area contributed by atoms with E-state index in [4.69, 9.17) is 14.2 Å². The van der Waals surface area contributed by atoms with Crippen LogP contribution in [0, 0.1) is 0 Å². The first-order valence-electron chi connectivity index (χ1n) is 5.51. The quantitative estimate of drug-likeness (QED) is 0.637. The molecular weight excluding hydrogens is 242 g/mol. The summed E-state index contributed by atoms with van der Waals surface area (Å²) in [5.41, 5.74) is 0. The van der Waals surface area contributed by atoms with Gasteiger partial charge >= 0.3 is 0 Å². The predicted molar refractivity (Wildman–Crippen MR) is 66.4 cm³/mol. The first-order chi connectivity index (χ1) is 8.36. The van der Waals surface area contributed by atoms with E-state index in [1.165, 1.54) is 11.3 Å². The van der Waals surface area contributed by atoms with Gasteiger partial charge in [-0.25, -0.2) is 0 Å². The highest BCUT2D eigenvalue weighted by molar-refractivity contribution is 7.15. The first kappa shape index (κ1) is 14.3. The van der Waals surface area contributed by atoms with Gasteiger partial charge in [0.15, 0.2) is 0 Å². The van der Waals surface area contributed by atoms with Gasteiger partial charge in [-0.2, -0.15) is 0 Å². The van der Waals surface area contributed by atoms with E-state index in [2.05, 4.69) is 15.5 Å². The summed E-state index contributed by atoms with van der Waals surface area (Å²) in [6.07, 6.45) is 0.876. The molecule has 0 atom stereocenters. The van der Waals surface area contributed by atoms with Crippen LogP contribution in [-0.2, 0) is 20.8 Å². The summed E-state index contributed by atoms with van der Waals surface area (Å²) in [6.45, 7) is 3.15. The molecule has 0 saturated heterocycles. The maximum absolute atomic E-state index is 5.45. The summed E-state index contributed by atoms with van der Waals surface area (Å²) < 4.78 is 15.6. The summed E-state index contributed by atoms with van der Waals surface area (Å²) in [7, 11) is 3.48. The van der Waals surface area contributed by atoms with Crippen molar-refractivity contribution in [3.8, 4) is 0 Å². The van der Waals surface area contributed by atoms with E-state index in [0.717, 1.165) is 16.6 Å². The monoisotopic (exact) mass is 261 g/mol. The minimum absolute atomic E-state index is 0.511. The molecule has 0 aromatic carbocycles. The van der Waals surface area contributed by atoms with E-state index in [0.29, 0.717) is 33.0 Å². The summed E-state index contributed by atoms with van der Waals surface area (Å²) in [4.78, 5) is 0. The van der Waals surface area contributed by atoms with Gasteiger partial charge in [-0.15, -0.1) is 10.2 Å². The van der Waals surface area contributed by atoms with Crippen LogP contribution in [0.4, 0.5) is 5.13 Å². The smallest absolute Gasteiger partial charge is 0.205 e. The SMILES string of the molecule is CNc1nnc(COCCCOCCOC)s1. The number of hydrogen-bond donors (Lipinski definition) is 1. The third-order valence-corrected chi connectivity index (χ3v) is 2.83. The lowest BCUT2D eigenvalue weighted by Crippen LogP contribution is -2.05. The molecule has 0 bridgehead atoms.